The third-order valence-corrected chi connectivity index (χ3v) is 2.86. The van der Waals surface area contributed by atoms with E-state index in [0.717, 1.165) is 0 Å². The lowest BCUT2D eigenvalue weighted by Crippen LogP contribution is -2.21. The molecule has 0 aliphatic rings. The lowest BCUT2D eigenvalue weighted by molar-refractivity contribution is -0.138. The Balaban J connectivity index is 2.26. The van der Waals surface area contributed by atoms with Crippen LogP contribution in [0.5, 0.6) is 5.75 Å². The van der Waals surface area contributed by atoms with Crippen LogP contribution in [-0.2, 0) is 4.79 Å². The first kappa shape index (κ1) is 13.9. The van der Waals surface area contributed by atoms with E-state index in [1.165, 1.54) is 18.2 Å². The smallest absolute Gasteiger partial charge is 0.330 e. The summed E-state index contributed by atoms with van der Waals surface area (Å²) in [6, 6.07) is 11.4. The van der Waals surface area contributed by atoms with Crippen molar-refractivity contribution in [2.75, 3.05) is 12.4 Å². The second kappa shape index (κ2) is 6.06. The number of halogens is 1. The predicted octanol–water partition coefficient (Wildman–Crippen LogP) is 3.07. The van der Waals surface area contributed by atoms with E-state index in [-0.39, 0.29) is 5.56 Å². The van der Waals surface area contributed by atoms with Crippen LogP contribution in [0.2, 0.25) is 0 Å². The SMILES string of the molecule is COc1ccc(NC(C(=O)O)c2ccccc2F)cc1. The molecular formula is C15H14FNO3. The van der Waals surface area contributed by atoms with Gasteiger partial charge in [0.25, 0.3) is 0 Å². The van der Waals surface area contributed by atoms with Crippen LogP contribution < -0.4 is 10.1 Å². The number of aliphatic carboxylic acids is 1. The molecular weight excluding hydrogens is 261 g/mol. The third kappa shape index (κ3) is 3.06. The summed E-state index contributed by atoms with van der Waals surface area (Å²) in [5.41, 5.74) is 0.664. The molecule has 0 spiro atoms. The normalized spacial score (nSPS) is 11.7. The molecule has 1 unspecified atom stereocenters. The Morgan fingerprint density at radius 2 is 1.85 bits per heavy atom. The molecule has 2 aromatic carbocycles. The van der Waals surface area contributed by atoms with Gasteiger partial charge in [-0.25, -0.2) is 9.18 Å². The number of methoxy groups -OCH3 is 1. The van der Waals surface area contributed by atoms with Gasteiger partial charge in [-0.05, 0) is 30.3 Å². The van der Waals surface area contributed by atoms with E-state index in [1.807, 2.05) is 0 Å². The molecule has 2 rings (SSSR count). The maximum atomic E-state index is 13.7. The molecule has 0 aliphatic heterocycles. The number of carboxylic acids is 1. The molecule has 0 saturated carbocycles. The van der Waals surface area contributed by atoms with Gasteiger partial charge in [-0.2, -0.15) is 0 Å². The van der Waals surface area contributed by atoms with E-state index in [4.69, 9.17) is 4.74 Å². The molecule has 104 valence electrons. The molecule has 0 fully saturated rings. The number of ether oxygens (including phenoxy) is 1. The van der Waals surface area contributed by atoms with Crippen molar-refractivity contribution < 1.29 is 19.0 Å². The quantitative estimate of drug-likeness (QED) is 0.880. The van der Waals surface area contributed by atoms with E-state index >= 15 is 0 Å². The van der Waals surface area contributed by atoms with E-state index in [1.54, 1.807) is 37.4 Å². The highest BCUT2D eigenvalue weighted by molar-refractivity contribution is 5.79. The summed E-state index contributed by atoms with van der Waals surface area (Å²) in [5.74, 6) is -1.04. The monoisotopic (exact) mass is 275 g/mol. The lowest BCUT2D eigenvalue weighted by Gasteiger charge is -2.17. The van der Waals surface area contributed by atoms with Crippen LogP contribution in [0.25, 0.3) is 0 Å². The highest BCUT2D eigenvalue weighted by Gasteiger charge is 2.22. The van der Waals surface area contributed by atoms with Crippen molar-refractivity contribution in [1.29, 1.82) is 0 Å². The number of benzene rings is 2. The van der Waals surface area contributed by atoms with Gasteiger partial charge in [0.2, 0.25) is 0 Å². The van der Waals surface area contributed by atoms with Gasteiger partial charge in [0.15, 0.2) is 6.04 Å². The second-order valence-electron chi connectivity index (χ2n) is 4.17. The first-order valence-corrected chi connectivity index (χ1v) is 5.99. The highest BCUT2D eigenvalue weighted by Crippen LogP contribution is 2.23. The number of carboxylic acid groups (broad SMARTS) is 1. The minimum Gasteiger partial charge on any atom is -0.497 e. The molecule has 0 heterocycles. The molecule has 0 saturated heterocycles. The second-order valence-corrected chi connectivity index (χ2v) is 4.17. The molecule has 20 heavy (non-hydrogen) atoms. The Hall–Kier alpha value is -2.56. The predicted molar refractivity (Wildman–Crippen MR) is 73.4 cm³/mol. The maximum absolute atomic E-state index is 13.7. The number of anilines is 1. The van der Waals surface area contributed by atoms with Crippen LogP contribution in [-0.4, -0.2) is 18.2 Å². The summed E-state index contributed by atoms with van der Waals surface area (Å²) in [6.45, 7) is 0. The van der Waals surface area contributed by atoms with Gasteiger partial charge in [-0.3, -0.25) is 0 Å². The minimum absolute atomic E-state index is 0.0934. The fourth-order valence-electron chi connectivity index (χ4n) is 1.84. The Kier molecular flexibility index (Phi) is 4.20. The van der Waals surface area contributed by atoms with E-state index in [9.17, 15) is 14.3 Å². The Bertz CT molecular complexity index is 598. The molecule has 0 aliphatic carbocycles. The molecule has 0 amide bonds. The Labute approximate surface area is 115 Å². The average molecular weight is 275 g/mol. The lowest BCUT2D eigenvalue weighted by atomic mass is 10.1. The maximum Gasteiger partial charge on any atom is 0.330 e. The molecule has 4 nitrogen and oxygen atoms in total. The standard InChI is InChI=1S/C15H14FNO3/c1-20-11-8-6-10(7-9-11)17-14(15(18)19)12-4-2-3-5-13(12)16/h2-9,14,17H,1H3,(H,18,19). The van der Waals surface area contributed by atoms with Crippen LogP contribution in [0.15, 0.2) is 48.5 Å². The zero-order valence-electron chi connectivity index (χ0n) is 10.8. The summed E-state index contributed by atoms with van der Waals surface area (Å²) in [5, 5.41) is 12.1. The number of rotatable bonds is 5. The molecule has 2 aromatic rings. The van der Waals surface area contributed by atoms with Gasteiger partial charge in [0.1, 0.15) is 11.6 Å². The van der Waals surface area contributed by atoms with Crippen molar-refractivity contribution in [1.82, 2.24) is 0 Å². The zero-order valence-corrected chi connectivity index (χ0v) is 10.8. The molecule has 1 atom stereocenters. The number of nitrogens with one attached hydrogen (secondary N) is 1. The van der Waals surface area contributed by atoms with Crippen LogP contribution in [0.4, 0.5) is 10.1 Å². The first-order valence-electron chi connectivity index (χ1n) is 5.99. The van der Waals surface area contributed by atoms with E-state index < -0.39 is 17.8 Å². The van der Waals surface area contributed by atoms with Gasteiger partial charge in [-0.15, -0.1) is 0 Å². The average Bonchev–Trinajstić information content (AvgIpc) is 2.46. The van der Waals surface area contributed by atoms with Crippen molar-refractivity contribution in [3.05, 3.63) is 59.9 Å². The highest BCUT2D eigenvalue weighted by atomic mass is 19.1. The van der Waals surface area contributed by atoms with Crippen LogP contribution in [0.1, 0.15) is 11.6 Å². The number of hydrogen-bond acceptors (Lipinski definition) is 3. The van der Waals surface area contributed by atoms with E-state index in [0.29, 0.717) is 11.4 Å². The Morgan fingerprint density at radius 3 is 2.40 bits per heavy atom. The van der Waals surface area contributed by atoms with Crippen LogP contribution >= 0.6 is 0 Å². The number of hydrogen-bond donors (Lipinski definition) is 2. The minimum atomic E-state index is -1.15. The molecule has 0 bridgehead atoms. The molecule has 5 heteroatoms. The van der Waals surface area contributed by atoms with Crippen molar-refractivity contribution in [3.8, 4) is 5.75 Å². The van der Waals surface area contributed by atoms with Gasteiger partial charge in [0, 0.05) is 11.3 Å². The van der Waals surface area contributed by atoms with E-state index in [2.05, 4.69) is 5.32 Å². The zero-order chi connectivity index (χ0) is 14.5. The summed E-state index contributed by atoms with van der Waals surface area (Å²) in [6.07, 6.45) is 0. The van der Waals surface area contributed by atoms with Crippen molar-refractivity contribution >= 4 is 11.7 Å². The summed E-state index contributed by atoms with van der Waals surface area (Å²) in [4.78, 5) is 11.3. The Morgan fingerprint density at radius 1 is 1.20 bits per heavy atom. The van der Waals surface area contributed by atoms with Crippen molar-refractivity contribution in [3.63, 3.8) is 0 Å². The van der Waals surface area contributed by atoms with Crippen LogP contribution in [0.3, 0.4) is 0 Å². The van der Waals surface area contributed by atoms with Gasteiger partial charge < -0.3 is 15.2 Å². The largest absolute Gasteiger partial charge is 0.497 e. The molecule has 0 aromatic heterocycles. The fraction of sp³-hybridized carbons (Fsp3) is 0.133. The van der Waals surface area contributed by atoms with Gasteiger partial charge in [-0.1, -0.05) is 18.2 Å². The molecule has 2 N–H and O–H groups in total. The third-order valence-electron chi connectivity index (χ3n) is 2.86. The van der Waals surface area contributed by atoms with Crippen molar-refractivity contribution in [2.24, 2.45) is 0 Å². The van der Waals surface area contributed by atoms with Gasteiger partial charge >= 0.3 is 5.97 Å². The number of carbonyl (C=O) groups is 1. The topological polar surface area (TPSA) is 58.6 Å². The van der Waals surface area contributed by atoms with Crippen LogP contribution in [0, 0.1) is 5.82 Å². The summed E-state index contributed by atoms with van der Waals surface area (Å²) >= 11 is 0. The first-order chi connectivity index (χ1) is 9.61. The van der Waals surface area contributed by atoms with Gasteiger partial charge in [0.05, 0.1) is 7.11 Å². The fourth-order valence-corrected chi connectivity index (χ4v) is 1.84. The summed E-state index contributed by atoms with van der Waals surface area (Å²) in [7, 11) is 1.54. The summed E-state index contributed by atoms with van der Waals surface area (Å²) < 4.78 is 18.7. The molecule has 0 radical (unpaired) electrons. The van der Waals surface area contributed by atoms with Crippen molar-refractivity contribution in [2.45, 2.75) is 6.04 Å².